The number of allylic oxidation sites excluding steroid dienone is 9. The summed E-state index contributed by atoms with van der Waals surface area (Å²) in [6.07, 6.45) is 21.5. The van der Waals surface area contributed by atoms with Crippen molar-refractivity contribution in [3.05, 3.63) is 122 Å². The highest BCUT2D eigenvalue weighted by atomic mass is 16.3. The molecule has 0 atom stereocenters. The molecule has 0 saturated heterocycles. The molecular formula is C26H31NO3. The second-order valence-electron chi connectivity index (χ2n) is 5.36. The van der Waals surface area contributed by atoms with Gasteiger partial charge in [0.05, 0.1) is 0 Å². The third-order valence-corrected chi connectivity index (χ3v) is 2.82. The lowest BCUT2D eigenvalue weighted by atomic mass is 10.3. The molecule has 4 rings (SSSR count). The van der Waals surface area contributed by atoms with E-state index in [0.29, 0.717) is 11.5 Å². The first kappa shape index (κ1) is 28.2. The van der Waals surface area contributed by atoms with Gasteiger partial charge < -0.3 is 15.3 Å². The van der Waals surface area contributed by atoms with Crippen molar-refractivity contribution < 1.29 is 15.3 Å². The fraction of sp³-hybridized carbons (Fsp3) is 0.115. The van der Waals surface area contributed by atoms with Crippen molar-refractivity contribution in [2.24, 2.45) is 0 Å². The third kappa shape index (κ3) is 26.3. The number of phenols is 2. The molecule has 2 aromatic carbocycles. The van der Waals surface area contributed by atoms with Crippen molar-refractivity contribution in [3.63, 3.8) is 0 Å². The van der Waals surface area contributed by atoms with Crippen LogP contribution in [0.25, 0.3) is 0 Å². The van der Waals surface area contributed by atoms with E-state index in [9.17, 15) is 0 Å². The summed E-state index contributed by atoms with van der Waals surface area (Å²) in [5.74, 6) is 0.644. The second-order valence-corrected chi connectivity index (χ2v) is 5.36. The molecule has 0 radical (unpaired) electrons. The predicted molar refractivity (Wildman–Crippen MR) is 125 cm³/mol. The minimum absolute atomic E-state index is 0.322. The van der Waals surface area contributed by atoms with E-state index in [1.807, 2.05) is 19.1 Å². The van der Waals surface area contributed by atoms with Crippen molar-refractivity contribution >= 4 is 0 Å². The Kier molecular flexibility index (Phi) is 23.6. The number of aromatic hydroxyl groups is 2. The maximum atomic E-state index is 8.63. The maximum absolute atomic E-state index is 8.63. The number of hydrogen-bond donors (Lipinski definition) is 3. The number of benzene rings is 2. The number of aliphatic hydroxyl groups excluding tert-OH is 1. The lowest BCUT2D eigenvalue weighted by Crippen LogP contribution is -1.56. The third-order valence-electron chi connectivity index (χ3n) is 2.82. The first-order chi connectivity index (χ1) is 14.6. The zero-order chi connectivity index (χ0) is 22.7. The quantitative estimate of drug-likeness (QED) is 0.331. The van der Waals surface area contributed by atoms with Crippen LogP contribution in [0.15, 0.2) is 122 Å². The van der Waals surface area contributed by atoms with Gasteiger partial charge in [0.25, 0.3) is 6.26 Å². The monoisotopic (exact) mass is 405 g/mol. The van der Waals surface area contributed by atoms with E-state index in [1.165, 1.54) is 0 Å². The van der Waals surface area contributed by atoms with E-state index in [0.717, 1.165) is 19.1 Å². The number of nitrogens with zero attached hydrogens (tertiary/aromatic N) is 1. The van der Waals surface area contributed by atoms with Gasteiger partial charge in [-0.05, 0) is 44.0 Å². The molecule has 2 aromatic rings. The summed E-state index contributed by atoms with van der Waals surface area (Å²) in [5.41, 5.74) is 0. The molecule has 158 valence electrons. The van der Waals surface area contributed by atoms with Gasteiger partial charge in [0.15, 0.2) is 0 Å². The molecule has 0 spiro atoms. The Bertz CT molecular complexity index is 691. The maximum Gasteiger partial charge on any atom is 0.283 e. The lowest BCUT2D eigenvalue weighted by Gasteiger charge is -1.82. The fourth-order valence-electron chi connectivity index (χ4n) is 1.64. The summed E-state index contributed by atoms with van der Waals surface area (Å²) in [4.78, 5) is 0. The molecule has 2 aliphatic rings. The first-order valence-electron chi connectivity index (χ1n) is 9.33. The Morgan fingerprint density at radius 1 is 0.733 bits per heavy atom. The molecule has 0 unspecified atom stereocenters. The van der Waals surface area contributed by atoms with Gasteiger partial charge in [-0.25, -0.2) is 0 Å². The number of nitriles is 1. The average Bonchev–Trinajstić information content (AvgIpc) is 3.50. The summed E-state index contributed by atoms with van der Waals surface area (Å²) in [7, 11) is 0. The zero-order valence-electron chi connectivity index (χ0n) is 17.4. The van der Waals surface area contributed by atoms with Crippen LogP contribution in [0, 0.1) is 11.5 Å². The molecule has 0 heterocycles. The standard InChI is InChI=1S/2C6H6O.2C5H6.C3H6.CHNO/c2*7-6-4-2-1-3-5-6;2*1-2-4-5-3-1;1-3-2;2-1-3/h2*1-5,7H;2*1-4H,5H2;3H,1H2,2H3;3H. The number of para-hydroxylation sites is 2. The number of hydrogen-bond acceptors (Lipinski definition) is 4. The van der Waals surface area contributed by atoms with Gasteiger partial charge in [-0.2, -0.15) is 5.26 Å². The van der Waals surface area contributed by atoms with Crippen LogP contribution in [0.2, 0.25) is 0 Å². The molecule has 0 aliphatic heterocycles. The largest absolute Gasteiger partial charge is 0.508 e. The SMILES string of the molecule is C1=CCC=C1.C1=CCC=C1.C=CC.N#CO.Oc1ccccc1.Oc1ccccc1. The highest BCUT2D eigenvalue weighted by molar-refractivity contribution is 5.19. The van der Waals surface area contributed by atoms with Crippen LogP contribution in [0.5, 0.6) is 11.5 Å². The molecule has 2 aliphatic carbocycles. The predicted octanol–water partition coefficient (Wildman–Crippen LogP) is 6.82. The lowest BCUT2D eigenvalue weighted by molar-refractivity contribution is 0.475. The molecule has 0 bridgehead atoms. The van der Waals surface area contributed by atoms with E-state index in [4.69, 9.17) is 20.6 Å². The summed E-state index contributed by atoms with van der Waals surface area (Å²) < 4.78 is 0. The van der Waals surface area contributed by atoms with Crippen LogP contribution in [-0.2, 0) is 0 Å². The van der Waals surface area contributed by atoms with Gasteiger partial charge >= 0.3 is 0 Å². The van der Waals surface area contributed by atoms with Gasteiger partial charge in [-0.3, -0.25) is 0 Å². The van der Waals surface area contributed by atoms with Crippen LogP contribution in [0.1, 0.15) is 19.8 Å². The smallest absolute Gasteiger partial charge is 0.283 e. The topological polar surface area (TPSA) is 84.5 Å². The molecule has 4 nitrogen and oxygen atoms in total. The molecule has 3 N–H and O–H groups in total. The number of phenolic OH excluding ortho intramolecular Hbond substituents is 2. The van der Waals surface area contributed by atoms with Crippen molar-refractivity contribution in [2.45, 2.75) is 19.8 Å². The van der Waals surface area contributed by atoms with E-state index in [2.05, 4.69) is 55.2 Å². The number of aliphatic hydroxyl groups is 1. The molecule has 0 aromatic heterocycles. The minimum Gasteiger partial charge on any atom is -0.508 e. The molecule has 30 heavy (non-hydrogen) atoms. The van der Waals surface area contributed by atoms with Gasteiger partial charge in [-0.15, -0.1) is 6.58 Å². The van der Waals surface area contributed by atoms with Gasteiger partial charge in [0.2, 0.25) is 0 Å². The van der Waals surface area contributed by atoms with Crippen LogP contribution in [0.4, 0.5) is 0 Å². The van der Waals surface area contributed by atoms with Crippen molar-refractivity contribution in [1.29, 1.82) is 5.26 Å². The highest BCUT2D eigenvalue weighted by Crippen LogP contribution is 2.03. The summed E-state index contributed by atoms with van der Waals surface area (Å²) >= 11 is 0. The molecule has 4 heteroatoms. The van der Waals surface area contributed by atoms with E-state index >= 15 is 0 Å². The van der Waals surface area contributed by atoms with Gasteiger partial charge in [-0.1, -0.05) is 91.1 Å². The second kappa shape index (κ2) is 25.0. The number of rotatable bonds is 0. The Morgan fingerprint density at radius 3 is 1.07 bits per heavy atom. The van der Waals surface area contributed by atoms with E-state index < -0.39 is 0 Å². The first-order valence-corrected chi connectivity index (χ1v) is 9.33. The summed E-state index contributed by atoms with van der Waals surface area (Å²) in [6, 6.07) is 17.4. The summed E-state index contributed by atoms with van der Waals surface area (Å²) in [5, 5.41) is 31.0. The molecular weight excluding hydrogens is 374 g/mol. The van der Waals surface area contributed by atoms with Crippen LogP contribution in [-0.4, -0.2) is 15.3 Å². The Labute approximate surface area is 180 Å². The fourth-order valence-corrected chi connectivity index (χ4v) is 1.64. The Balaban J connectivity index is 0. The van der Waals surface area contributed by atoms with E-state index in [-0.39, 0.29) is 0 Å². The Morgan fingerprint density at radius 2 is 0.967 bits per heavy atom. The molecule has 0 fully saturated rings. The van der Waals surface area contributed by atoms with Crippen molar-refractivity contribution in [3.8, 4) is 17.8 Å². The van der Waals surface area contributed by atoms with Crippen LogP contribution < -0.4 is 0 Å². The average molecular weight is 406 g/mol. The van der Waals surface area contributed by atoms with Crippen molar-refractivity contribution in [1.82, 2.24) is 0 Å². The summed E-state index contributed by atoms with van der Waals surface area (Å²) in [6.45, 7) is 5.25. The molecule has 0 amide bonds. The van der Waals surface area contributed by atoms with Gasteiger partial charge in [0, 0.05) is 0 Å². The molecule has 0 saturated carbocycles. The highest BCUT2D eigenvalue weighted by Gasteiger charge is 1.75. The zero-order valence-corrected chi connectivity index (χ0v) is 17.4. The Hall–Kier alpha value is -3.97. The normalized spacial score (nSPS) is 10.5. The van der Waals surface area contributed by atoms with Crippen molar-refractivity contribution in [2.75, 3.05) is 0 Å². The van der Waals surface area contributed by atoms with Crippen LogP contribution >= 0.6 is 0 Å². The minimum atomic E-state index is 0.322. The van der Waals surface area contributed by atoms with E-state index in [1.54, 1.807) is 54.6 Å². The van der Waals surface area contributed by atoms with Crippen LogP contribution in [0.3, 0.4) is 0 Å². The van der Waals surface area contributed by atoms with Gasteiger partial charge in [0.1, 0.15) is 11.5 Å².